The normalized spacial score (nSPS) is 22.7. The Labute approximate surface area is 198 Å². The molecular weight excluding hydrogens is 433 g/mol. The number of piperidine rings is 1. The first-order valence-corrected chi connectivity index (χ1v) is 12.3. The Balaban J connectivity index is 1.42. The average molecular weight is 464 g/mol. The number of aromatic nitrogens is 1. The van der Waals surface area contributed by atoms with Crippen molar-refractivity contribution in [2.75, 3.05) is 13.1 Å². The van der Waals surface area contributed by atoms with Crippen LogP contribution in [0.4, 0.5) is 4.39 Å². The Morgan fingerprint density at radius 2 is 1.76 bits per heavy atom. The number of nitrogens with zero attached hydrogens (tertiary/aromatic N) is 2. The minimum atomic E-state index is -0.441. The van der Waals surface area contributed by atoms with Crippen molar-refractivity contribution in [1.82, 2.24) is 14.8 Å². The SMILES string of the molecule is O=C(NC(=Cc1ccccc1F)C(=O)N1CC2CC(C1)c1cccc(=O)n1C2)C1CCCCC1. The van der Waals surface area contributed by atoms with Gasteiger partial charge in [-0.05, 0) is 43.4 Å². The molecule has 2 amide bonds. The van der Waals surface area contributed by atoms with Gasteiger partial charge in [0, 0.05) is 48.8 Å². The Hall–Kier alpha value is -3.22. The van der Waals surface area contributed by atoms with Crippen LogP contribution in [0.25, 0.3) is 6.08 Å². The van der Waals surface area contributed by atoms with Crippen LogP contribution in [0.3, 0.4) is 0 Å². The molecule has 1 saturated carbocycles. The topological polar surface area (TPSA) is 71.4 Å². The summed E-state index contributed by atoms with van der Waals surface area (Å²) in [7, 11) is 0. The molecule has 6 nitrogen and oxygen atoms in total. The van der Waals surface area contributed by atoms with Crippen molar-refractivity contribution in [1.29, 1.82) is 0 Å². The second-order valence-corrected chi connectivity index (χ2v) is 9.81. The van der Waals surface area contributed by atoms with Gasteiger partial charge in [-0.2, -0.15) is 0 Å². The zero-order valence-corrected chi connectivity index (χ0v) is 19.2. The van der Waals surface area contributed by atoms with Gasteiger partial charge in [0.25, 0.3) is 11.5 Å². The summed E-state index contributed by atoms with van der Waals surface area (Å²) in [6.45, 7) is 1.55. The number of halogens is 1. The van der Waals surface area contributed by atoms with Crippen LogP contribution in [-0.4, -0.2) is 34.4 Å². The van der Waals surface area contributed by atoms with Crippen LogP contribution in [0, 0.1) is 17.7 Å². The fraction of sp³-hybridized carbons (Fsp3) is 0.444. The molecule has 3 aliphatic rings. The van der Waals surface area contributed by atoms with E-state index in [1.54, 1.807) is 35.2 Å². The molecule has 2 bridgehead atoms. The lowest BCUT2D eigenvalue weighted by Gasteiger charge is -2.43. The third-order valence-electron chi connectivity index (χ3n) is 7.44. The molecule has 1 N–H and O–H groups in total. The quantitative estimate of drug-likeness (QED) is 0.704. The highest BCUT2D eigenvalue weighted by Gasteiger charge is 2.37. The lowest BCUT2D eigenvalue weighted by Crippen LogP contribution is -2.51. The first kappa shape index (κ1) is 22.6. The van der Waals surface area contributed by atoms with Gasteiger partial charge in [0.05, 0.1) is 0 Å². The number of hydrogen-bond acceptors (Lipinski definition) is 3. The number of rotatable bonds is 4. The number of amides is 2. The van der Waals surface area contributed by atoms with Gasteiger partial charge in [0.2, 0.25) is 5.91 Å². The maximum absolute atomic E-state index is 14.4. The predicted octanol–water partition coefficient (Wildman–Crippen LogP) is 3.67. The maximum Gasteiger partial charge on any atom is 0.270 e. The van der Waals surface area contributed by atoms with Gasteiger partial charge < -0.3 is 14.8 Å². The van der Waals surface area contributed by atoms with E-state index in [9.17, 15) is 18.8 Å². The van der Waals surface area contributed by atoms with E-state index < -0.39 is 5.82 Å². The van der Waals surface area contributed by atoms with Gasteiger partial charge in [0.15, 0.2) is 0 Å². The molecule has 7 heteroatoms. The van der Waals surface area contributed by atoms with E-state index >= 15 is 0 Å². The molecule has 3 heterocycles. The molecule has 5 rings (SSSR count). The molecule has 178 valence electrons. The van der Waals surface area contributed by atoms with Gasteiger partial charge in [-0.3, -0.25) is 14.4 Å². The summed E-state index contributed by atoms with van der Waals surface area (Å²) in [6.07, 6.45) is 7.15. The van der Waals surface area contributed by atoms with Gasteiger partial charge in [0.1, 0.15) is 11.5 Å². The molecule has 1 aromatic heterocycles. The Morgan fingerprint density at radius 3 is 2.56 bits per heavy atom. The van der Waals surface area contributed by atoms with Crippen LogP contribution in [0.15, 0.2) is 53.0 Å². The Morgan fingerprint density at radius 1 is 0.971 bits per heavy atom. The van der Waals surface area contributed by atoms with Crippen molar-refractivity contribution >= 4 is 17.9 Å². The van der Waals surface area contributed by atoms with Gasteiger partial charge >= 0.3 is 0 Å². The Kier molecular flexibility index (Phi) is 6.35. The number of nitrogens with one attached hydrogen (secondary N) is 1. The highest BCUT2D eigenvalue weighted by molar-refractivity contribution is 6.01. The van der Waals surface area contributed by atoms with Crippen molar-refractivity contribution < 1.29 is 14.0 Å². The average Bonchev–Trinajstić information content (AvgIpc) is 2.85. The van der Waals surface area contributed by atoms with Crippen LogP contribution < -0.4 is 10.9 Å². The van der Waals surface area contributed by atoms with E-state index in [4.69, 9.17) is 0 Å². The second kappa shape index (κ2) is 9.57. The fourth-order valence-corrected chi connectivity index (χ4v) is 5.73. The third kappa shape index (κ3) is 4.56. The molecule has 0 spiro atoms. The van der Waals surface area contributed by atoms with Crippen LogP contribution in [0.5, 0.6) is 0 Å². The van der Waals surface area contributed by atoms with E-state index in [0.717, 1.165) is 44.2 Å². The number of carbonyl (C=O) groups excluding carboxylic acids is 2. The number of likely N-dealkylation sites (tertiary alicyclic amines) is 1. The third-order valence-corrected chi connectivity index (χ3v) is 7.44. The first-order chi connectivity index (χ1) is 16.5. The highest BCUT2D eigenvalue weighted by atomic mass is 19.1. The lowest BCUT2D eigenvalue weighted by molar-refractivity contribution is -0.133. The molecule has 2 aromatic rings. The smallest absolute Gasteiger partial charge is 0.270 e. The molecule has 1 aromatic carbocycles. The van der Waals surface area contributed by atoms with E-state index in [0.29, 0.717) is 19.6 Å². The summed E-state index contributed by atoms with van der Waals surface area (Å²) in [5.41, 5.74) is 1.33. The van der Waals surface area contributed by atoms with Crippen LogP contribution in [-0.2, 0) is 16.1 Å². The second-order valence-electron chi connectivity index (χ2n) is 9.81. The van der Waals surface area contributed by atoms with Gasteiger partial charge in [-0.1, -0.05) is 43.5 Å². The number of carbonyl (C=O) groups is 2. The van der Waals surface area contributed by atoms with Crippen LogP contribution in [0.2, 0.25) is 0 Å². The predicted molar refractivity (Wildman–Crippen MR) is 127 cm³/mol. The standard InChI is InChI=1S/C27H30FN3O3/c28-22-10-5-4-9-20(22)14-23(29-26(33)19-7-2-1-3-8-19)27(34)30-15-18-13-21(17-30)24-11-6-12-25(32)31(24)16-18/h4-6,9-12,14,18-19,21H,1-3,7-8,13,15-17H2,(H,29,33). The summed E-state index contributed by atoms with van der Waals surface area (Å²) in [6, 6.07) is 11.5. The van der Waals surface area contributed by atoms with E-state index in [1.165, 1.54) is 12.1 Å². The zero-order chi connectivity index (χ0) is 23.7. The van der Waals surface area contributed by atoms with Crippen molar-refractivity contribution in [3.05, 3.63) is 75.6 Å². The van der Waals surface area contributed by atoms with Crippen molar-refractivity contribution in [3.8, 4) is 0 Å². The first-order valence-electron chi connectivity index (χ1n) is 12.3. The Bertz CT molecular complexity index is 1180. The van der Waals surface area contributed by atoms with Crippen LogP contribution >= 0.6 is 0 Å². The highest BCUT2D eigenvalue weighted by Crippen LogP contribution is 2.35. The molecular formula is C27H30FN3O3. The van der Waals surface area contributed by atoms with Crippen molar-refractivity contribution in [2.45, 2.75) is 51.0 Å². The molecule has 2 aliphatic heterocycles. The number of hydrogen-bond donors (Lipinski definition) is 1. The lowest BCUT2D eigenvalue weighted by atomic mass is 9.83. The molecule has 1 saturated heterocycles. The molecule has 2 fully saturated rings. The van der Waals surface area contributed by atoms with Crippen molar-refractivity contribution in [3.63, 3.8) is 0 Å². The molecule has 34 heavy (non-hydrogen) atoms. The number of pyridine rings is 1. The van der Waals surface area contributed by atoms with E-state index in [2.05, 4.69) is 5.32 Å². The summed E-state index contributed by atoms with van der Waals surface area (Å²) in [4.78, 5) is 40.8. The van der Waals surface area contributed by atoms with Crippen LogP contribution in [0.1, 0.15) is 55.7 Å². The number of benzene rings is 1. The minimum Gasteiger partial charge on any atom is -0.336 e. The molecule has 2 unspecified atom stereocenters. The maximum atomic E-state index is 14.4. The van der Waals surface area contributed by atoms with E-state index in [-0.39, 0.29) is 46.4 Å². The zero-order valence-electron chi connectivity index (χ0n) is 19.2. The number of fused-ring (bicyclic) bond motifs is 4. The van der Waals surface area contributed by atoms with Crippen molar-refractivity contribution in [2.24, 2.45) is 11.8 Å². The molecule has 0 radical (unpaired) electrons. The summed E-state index contributed by atoms with van der Waals surface area (Å²) in [5, 5.41) is 2.86. The van der Waals surface area contributed by atoms with E-state index in [1.807, 2.05) is 10.6 Å². The summed E-state index contributed by atoms with van der Waals surface area (Å²) in [5.74, 6) is -0.791. The molecule has 1 aliphatic carbocycles. The minimum absolute atomic E-state index is 0.00754. The monoisotopic (exact) mass is 463 g/mol. The fourth-order valence-electron chi connectivity index (χ4n) is 5.73. The summed E-state index contributed by atoms with van der Waals surface area (Å²) < 4.78 is 16.2. The summed E-state index contributed by atoms with van der Waals surface area (Å²) >= 11 is 0. The largest absolute Gasteiger partial charge is 0.336 e. The van der Waals surface area contributed by atoms with Gasteiger partial charge in [-0.15, -0.1) is 0 Å². The van der Waals surface area contributed by atoms with Gasteiger partial charge in [-0.25, -0.2) is 4.39 Å². The molecule has 2 atom stereocenters.